The molecule has 1 heteroatoms. The molecule has 0 aromatic heterocycles. The van der Waals surface area contributed by atoms with E-state index in [1.807, 2.05) is 0 Å². The van der Waals surface area contributed by atoms with Gasteiger partial charge in [0.05, 0.1) is 0 Å². The molecule has 0 N–H and O–H groups in total. The van der Waals surface area contributed by atoms with E-state index >= 15 is 0 Å². The molecule has 0 atom stereocenters. The van der Waals surface area contributed by atoms with Crippen LogP contribution in [0.2, 0.25) is 0 Å². The van der Waals surface area contributed by atoms with Gasteiger partial charge in [-0.05, 0) is 62.2 Å². The van der Waals surface area contributed by atoms with Crippen molar-refractivity contribution >= 4 is 37.7 Å². The third kappa shape index (κ3) is 1.51. The molecule has 4 rings (SSSR count). The third-order valence-electron chi connectivity index (χ3n) is 4.00. The molecule has 4 saturated carbocycles. The van der Waals surface area contributed by atoms with E-state index in [4.69, 9.17) is 0 Å². The maximum atomic E-state index is 1.60. The van der Waals surface area contributed by atoms with Crippen molar-refractivity contribution in [3.8, 4) is 0 Å². The van der Waals surface area contributed by atoms with Gasteiger partial charge in [0.2, 0.25) is 0 Å². The summed E-state index contributed by atoms with van der Waals surface area (Å²) < 4.78 is 0. The Kier molecular flexibility index (Phi) is 2.57. The van der Waals surface area contributed by atoms with Crippen molar-refractivity contribution in [2.75, 3.05) is 0 Å². The molecule has 0 aromatic carbocycles. The molecule has 4 aliphatic carbocycles. The van der Waals surface area contributed by atoms with Gasteiger partial charge in [0.25, 0.3) is 0 Å². The standard InChI is InChI=1S/C10H16.Ca.2H/c1-7-2-9-4-8(1)5-10(3-7)6-9;;;/h7-10H,1-6H2;;;/q;+2;2*-1. The van der Waals surface area contributed by atoms with Crippen LogP contribution in [0.5, 0.6) is 0 Å². The summed E-state index contributed by atoms with van der Waals surface area (Å²) in [6.45, 7) is 0. The minimum absolute atomic E-state index is 0. The summed E-state index contributed by atoms with van der Waals surface area (Å²) in [4.78, 5) is 0. The van der Waals surface area contributed by atoms with Gasteiger partial charge in [-0.2, -0.15) is 0 Å². The van der Waals surface area contributed by atoms with Crippen LogP contribution in [0.1, 0.15) is 41.4 Å². The van der Waals surface area contributed by atoms with E-state index in [0.29, 0.717) is 0 Å². The van der Waals surface area contributed by atoms with E-state index < -0.39 is 0 Å². The zero-order chi connectivity index (χ0) is 6.55. The minimum Gasteiger partial charge on any atom is -1.00 e. The SMILES string of the molecule is C1C2CC3CC1CC(C2)C3.[Ca+2].[H-].[H-]. The molecule has 0 amide bonds. The molecule has 11 heavy (non-hydrogen) atoms. The summed E-state index contributed by atoms with van der Waals surface area (Å²) in [5, 5.41) is 0. The molecule has 4 bridgehead atoms. The van der Waals surface area contributed by atoms with Gasteiger partial charge >= 0.3 is 37.7 Å². The molecular weight excluding hydrogens is 160 g/mol. The second-order valence-electron chi connectivity index (χ2n) is 4.88. The maximum Gasteiger partial charge on any atom is 2.00 e. The number of rotatable bonds is 0. The predicted octanol–water partition coefficient (Wildman–Crippen LogP) is 2.68. The summed E-state index contributed by atoms with van der Waals surface area (Å²) in [5.74, 6) is 4.71. The van der Waals surface area contributed by atoms with Crippen LogP contribution < -0.4 is 0 Å². The first kappa shape index (κ1) is 8.84. The Morgan fingerprint density at radius 2 is 0.727 bits per heavy atom. The minimum atomic E-state index is 0. The fourth-order valence-corrected chi connectivity index (χ4v) is 3.98. The molecule has 0 unspecified atom stereocenters. The zero-order valence-electron chi connectivity index (χ0n) is 9.26. The molecule has 0 saturated heterocycles. The summed E-state index contributed by atoms with van der Waals surface area (Å²) in [5.41, 5.74) is 0. The molecule has 0 aliphatic heterocycles. The molecule has 4 fully saturated rings. The number of hydrogen-bond acceptors (Lipinski definition) is 0. The maximum absolute atomic E-state index is 1.60. The first-order valence-corrected chi connectivity index (χ1v) is 4.90. The molecular formula is C10H18Ca. The quantitative estimate of drug-likeness (QED) is 0.500. The van der Waals surface area contributed by atoms with Gasteiger partial charge in [-0.15, -0.1) is 0 Å². The third-order valence-corrected chi connectivity index (χ3v) is 4.00. The smallest absolute Gasteiger partial charge is 1.00 e. The average Bonchev–Trinajstić information content (AvgIpc) is 1.82. The molecule has 4 aliphatic rings. The molecule has 0 spiro atoms. The Hall–Kier alpha value is 1.26. The Balaban J connectivity index is 0.000000480. The normalized spacial score (nSPS) is 52.4. The van der Waals surface area contributed by atoms with Gasteiger partial charge in [-0.1, -0.05) is 0 Å². The van der Waals surface area contributed by atoms with Crippen LogP contribution >= 0.6 is 0 Å². The second kappa shape index (κ2) is 3.20. The molecule has 60 valence electrons. The molecule has 0 aromatic rings. The van der Waals surface area contributed by atoms with E-state index in [9.17, 15) is 0 Å². The summed E-state index contributed by atoms with van der Waals surface area (Å²) in [7, 11) is 0. The average molecular weight is 178 g/mol. The monoisotopic (exact) mass is 178 g/mol. The van der Waals surface area contributed by atoms with Crippen LogP contribution in [0.25, 0.3) is 0 Å². The Bertz CT molecular complexity index is 104. The topological polar surface area (TPSA) is 0 Å². The van der Waals surface area contributed by atoms with Crippen LogP contribution in [0.4, 0.5) is 0 Å². The van der Waals surface area contributed by atoms with E-state index in [2.05, 4.69) is 0 Å². The van der Waals surface area contributed by atoms with Gasteiger partial charge in [0.15, 0.2) is 0 Å². The van der Waals surface area contributed by atoms with Crippen molar-refractivity contribution in [1.29, 1.82) is 0 Å². The van der Waals surface area contributed by atoms with Gasteiger partial charge in [-0.3, -0.25) is 0 Å². The van der Waals surface area contributed by atoms with Crippen LogP contribution in [0.15, 0.2) is 0 Å². The fourth-order valence-electron chi connectivity index (χ4n) is 3.98. The van der Waals surface area contributed by atoms with Crippen molar-refractivity contribution < 1.29 is 2.85 Å². The van der Waals surface area contributed by atoms with Crippen molar-refractivity contribution in [1.82, 2.24) is 0 Å². The van der Waals surface area contributed by atoms with Crippen LogP contribution in [-0.4, -0.2) is 37.7 Å². The Morgan fingerprint density at radius 1 is 0.545 bits per heavy atom. The van der Waals surface area contributed by atoms with Crippen molar-refractivity contribution in [2.45, 2.75) is 38.5 Å². The summed E-state index contributed by atoms with van der Waals surface area (Å²) >= 11 is 0. The van der Waals surface area contributed by atoms with Crippen molar-refractivity contribution in [3.05, 3.63) is 0 Å². The Morgan fingerprint density at radius 3 is 0.909 bits per heavy atom. The van der Waals surface area contributed by atoms with Gasteiger partial charge in [0, 0.05) is 0 Å². The first-order chi connectivity index (χ1) is 4.90. The molecule has 0 nitrogen and oxygen atoms in total. The summed E-state index contributed by atoms with van der Waals surface area (Å²) in [6, 6.07) is 0. The van der Waals surface area contributed by atoms with Gasteiger partial charge < -0.3 is 2.85 Å². The number of hydrogen-bond donors (Lipinski definition) is 0. The van der Waals surface area contributed by atoms with Crippen LogP contribution in [0.3, 0.4) is 0 Å². The van der Waals surface area contributed by atoms with Crippen LogP contribution in [0, 0.1) is 23.7 Å². The van der Waals surface area contributed by atoms with E-state index in [0.717, 1.165) is 0 Å². The van der Waals surface area contributed by atoms with E-state index in [-0.39, 0.29) is 40.6 Å². The van der Waals surface area contributed by atoms with E-state index in [1.165, 1.54) is 23.7 Å². The van der Waals surface area contributed by atoms with Crippen LogP contribution in [-0.2, 0) is 0 Å². The van der Waals surface area contributed by atoms with E-state index in [1.54, 1.807) is 38.5 Å². The molecule has 0 radical (unpaired) electrons. The Labute approximate surface area is 102 Å². The van der Waals surface area contributed by atoms with Gasteiger partial charge in [-0.25, -0.2) is 0 Å². The van der Waals surface area contributed by atoms with Crippen molar-refractivity contribution in [3.63, 3.8) is 0 Å². The fraction of sp³-hybridized carbons (Fsp3) is 1.00. The summed E-state index contributed by atoms with van der Waals surface area (Å²) in [6.07, 6.45) is 9.62. The largest absolute Gasteiger partial charge is 2.00 e. The first-order valence-electron chi connectivity index (χ1n) is 4.90. The van der Waals surface area contributed by atoms with Crippen molar-refractivity contribution in [2.24, 2.45) is 23.7 Å². The second-order valence-corrected chi connectivity index (χ2v) is 4.88. The van der Waals surface area contributed by atoms with Gasteiger partial charge in [0.1, 0.15) is 0 Å². The molecule has 0 heterocycles. The predicted molar refractivity (Wildman–Crippen MR) is 49.6 cm³/mol. The zero-order valence-corrected chi connectivity index (χ0v) is 9.47.